The number of ether oxygens (including phenoxy) is 2. The zero-order valence-electron chi connectivity index (χ0n) is 16.9. The summed E-state index contributed by atoms with van der Waals surface area (Å²) in [5.74, 6) is -2.30. The minimum Gasteiger partial charge on any atom is -0.468 e. The van der Waals surface area contributed by atoms with E-state index in [1.54, 1.807) is 11.9 Å². The normalized spacial score (nSPS) is 21.0. The topological polar surface area (TPSA) is 92.9 Å². The van der Waals surface area contributed by atoms with Crippen LogP contribution in [-0.2, 0) is 19.1 Å². The second kappa shape index (κ2) is 7.53. The number of nitrogens with zero attached hydrogens (tertiary/aromatic N) is 4. The Hall–Kier alpha value is -3.03. The fourth-order valence-corrected chi connectivity index (χ4v) is 3.70. The SMILES string of the molecule is COC(=O)C(C(=O)OC)C1=NC(C)=NC2C(c3ccc(C)cc3C)C(C)=NN12. The van der Waals surface area contributed by atoms with Crippen LogP contribution in [0.25, 0.3) is 0 Å². The molecular weight excluding hydrogens is 360 g/mol. The van der Waals surface area contributed by atoms with E-state index in [0.717, 1.165) is 16.8 Å². The molecule has 8 heteroatoms. The van der Waals surface area contributed by atoms with Crippen LogP contribution in [-0.4, -0.2) is 54.7 Å². The smallest absolute Gasteiger partial charge is 0.327 e. The Labute approximate surface area is 163 Å². The van der Waals surface area contributed by atoms with Crippen LogP contribution >= 0.6 is 0 Å². The van der Waals surface area contributed by atoms with Crippen LogP contribution in [0.2, 0.25) is 0 Å². The van der Waals surface area contributed by atoms with Crippen LogP contribution < -0.4 is 0 Å². The number of hydrogen-bond acceptors (Lipinski definition) is 8. The molecule has 0 spiro atoms. The van der Waals surface area contributed by atoms with Gasteiger partial charge in [-0.1, -0.05) is 23.8 Å². The first kappa shape index (κ1) is 19.7. The lowest BCUT2D eigenvalue weighted by molar-refractivity contribution is -0.155. The minimum atomic E-state index is -1.32. The number of hydrogen-bond donors (Lipinski definition) is 0. The summed E-state index contributed by atoms with van der Waals surface area (Å²) in [5, 5.41) is 6.14. The minimum absolute atomic E-state index is 0.114. The Morgan fingerprint density at radius 3 is 2.29 bits per heavy atom. The van der Waals surface area contributed by atoms with Gasteiger partial charge in [0.25, 0.3) is 0 Å². The molecule has 0 N–H and O–H groups in total. The van der Waals surface area contributed by atoms with E-state index in [0.29, 0.717) is 5.84 Å². The van der Waals surface area contributed by atoms with Crippen molar-refractivity contribution in [1.82, 2.24) is 5.01 Å². The lowest BCUT2D eigenvalue weighted by atomic mass is 9.88. The highest BCUT2D eigenvalue weighted by atomic mass is 16.5. The molecule has 2 aliphatic rings. The number of benzene rings is 1. The molecule has 1 aromatic carbocycles. The van der Waals surface area contributed by atoms with Gasteiger partial charge in [-0.2, -0.15) is 5.10 Å². The van der Waals surface area contributed by atoms with E-state index in [1.807, 2.05) is 13.8 Å². The summed E-state index contributed by atoms with van der Waals surface area (Å²) >= 11 is 0. The molecule has 2 aliphatic heterocycles. The molecule has 0 radical (unpaired) electrons. The molecule has 2 heterocycles. The first-order valence-corrected chi connectivity index (χ1v) is 8.98. The van der Waals surface area contributed by atoms with Gasteiger partial charge in [-0.25, -0.2) is 15.0 Å². The van der Waals surface area contributed by atoms with Crippen LogP contribution in [0.5, 0.6) is 0 Å². The number of methoxy groups -OCH3 is 2. The second-order valence-electron chi connectivity index (χ2n) is 6.96. The van der Waals surface area contributed by atoms with Crippen LogP contribution in [0.1, 0.15) is 36.5 Å². The van der Waals surface area contributed by atoms with Gasteiger partial charge in [0.15, 0.2) is 12.0 Å². The maximum Gasteiger partial charge on any atom is 0.327 e. The number of rotatable bonds is 4. The van der Waals surface area contributed by atoms with E-state index in [-0.39, 0.29) is 11.8 Å². The Bertz CT molecular complexity index is 903. The number of carbonyl (C=O) groups is 2. The van der Waals surface area contributed by atoms with Crippen molar-refractivity contribution in [3.8, 4) is 0 Å². The summed E-state index contributed by atoms with van der Waals surface area (Å²) < 4.78 is 9.61. The fraction of sp³-hybridized carbons (Fsp3) is 0.450. The van der Waals surface area contributed by atoms with E-state index in [4.69, 9.17) is 9.47 Å². The molecule has 2 atom stereocenters. The maximum absolute atomic E-state index is 12.3. The highest BCUT2D eigenvalue weighted by Gasteiger charge is 2.47. The van der Waals surface area contributed by atoms with Gasteiger partial charge in [0.05, 0.1) is 20.1 Å². The van der Waals surface area contributed by atoms with Gasteiger partial charge in [0.2, 0.25) is 5.92 Å². The number of amidine groups is 2. The lowest BCUT2D eigenvalue weighted by Gasteiger charge is -2.31. The average Bonchev–Trinajstić information content (AvgIpc) is 2.97. The molecule has 0 aromatic heterocycles. The summed E-state index contributed by atoms with van der Waals surface area (Å²) in [6.45, 7) is 7.74. The summed E-state index contributed by atoms with van der Waals surface area (Å²) in [6, 6.07) is 6.25. The number of hydrazone groups is 1. The lowest BCUT2D eigenvalue weighted by Crippen LogP contribution is -2.47. The zero-order valence-corrected chi connectivity index (χ0v) is 16.9. The van der Waals surface area contributed by atoms with Crippen molar-refractivity contribution >= 4 is 29.3 Å². The summed E-state index contributed by atoms with van der Waals surface area (Å²) in [5.41, 5.74) is 4.24. The Kier molecular flexibility index (Phi) is 5.31. The summed E-state index contributed by atoms with van der Waals surface area (Å²) in [6.07, 6.45) is -0.425. The Morgan fingerprint density at radius 2 is 1.71 bits per heavy atom. The van der Waals surface area contributed by atoms with Gasteiger partial charge in [-0.3, -0.25) is 9.59 Å². The molecule has 0 amide bonds. The Morgan fingerprint density at radius 1 is 1.07 bits per heavy atom. The molecule has 0 saturated carbocycles. The molecular formula is C20H24N4O4. The molecule has 3 rings (SSSR count). The van der Waals surface area contributed by atoms with Gasteiger partial charge in [-0.05, 0) is 38.8 Å². The van der Waals surface area contributed by atoms with E-state index < -0.39 is 24.0 Å². The molecule has 1 aromatic rings. The third-order valence-corrected chi connectivity index (χ3v) is 4.99. The van der Waals surface area contributed by atoms with Crippen LogP contribution in [0.3, 0.4) is 0 Å². The third-order valence-electron chi connectivity index (χ3n) is 4.99. The quantitative estimate of drug-likeness (QED) is 0.586. The summed E-state index contributed by atoms with van der Waals surface area (Å²) in [7, 11) is 2.44. The van der Waals surface area contributed by atoms with Gasteiger partial charge in [-0.15, -0.1) is 0 Å². The number of esters is 2. The third kappa shape index (κ3) is 3.30. The second-order valence-corrected chi connectivity index (χ2v) is 6.96. The number of aryl methyl sites for hydroxylation is 2. The fourth-order valence-electron chi connectivity index (χ4n) is 3.70. The molecule has 0 bridgehead atoms. The first-order chi connectivity index (χ1) is 13.3. The van der Waals surface area contributed by atoms with Gasteiger partial charge in [0, 0.05) is 5.71 Å². The molecule has 8 nitrogen and oxygen atoms in total. The van der Waals surface area contributed by atoms with E-state index >= 15 is 0 Å². The van der Waals surface area contributed by atoms with E-state index in [9.17, 15) is 9.59 Å². The van der Waals surface area contributed by atoms with Gasteiger partial charge in [0.1, 0.15) is 5.84 Å². The van der Waals surface area contributed by atoms with E-state index in [2.05, 4.69) is 40.2 Å². The van der Waals surface area contributed by atoms with Crippen molar-refractivity contribution in [2.45, 2.75) is 39.8 Å². The van der Waals surface area contributed by atoms with Crippen molar-refractivity contribution in [3.63, 3.8) is 0 Å². The largest absolute Gasteiger partial charge is 0.468 e. The van der Waals surface area contributed by atoms with Gasteiger partial charge >= 0.3 is 11.9 Å². The highest BCUT2D eigenvalue weighted by Crippen LogP contribution is 2.37. The van der Waals surface area contributed by atoms with E-state index in [1.165, 1.54) is 19.8 Å². The molecule has 0 fully saturated rings. The van der Waals surface area contributed by atoms with Crippen LogP contribution in [0.4, 0.5) is 0 Å². The number of fused-ring (bicyclic) bond motifs is 1. The molecule has 0 saturated heterocycles. The van der Waals surface area contributed by atoms with Crippen LogP contribution in [0, 0.1) is 19.8 Å². The maximum atomic E-state index is 12.3. The predicted molar refractivity (Wildman–Crippen MR) is 105 cm³/mol. The zero-order chi connectivity index (χ0) is 20.6. The standard InChI is InChI=1S/C20H24N4O4/c1-10-7-8-14(11(2)9-10)15-12(3)23-24-17(15)21-13(4)22-18(24)16(19(25)27-5)20(26)28-6/h7-9,15-17H,1-6H3. The monoisotopic (exact) mass is 384 g/mol. The van der Waals surface area contributed by atoms with Crippen LogP contribution in [0.15, 0.2) is 33.3 Å². The number of aliphatic imine (C=N–C) groups is 2. The van der Waals surface area contributed by atoms with Crippen molar-refractivity contribution in [2.75, 3.05) is 14.2 Å². The van der Waals surface area contributed by atoms with Gasteiger partial charge < -0.3 is 9.47 Å². The highest BCUT2D eigenvalue weighted by molar-refractivity contribution is 6.19. The first-order valence-electron chi connectivity index (χ1n) is 8.98. The van der Waals surface area contributed by atoms with Crippen molar-refractivity contribution < 1.29 is 19.1 Å². The number of carbonyl (C=O) groups excluding carboxylic acids is 2. The van der Waals surface area contributed by atoms with Crippen molar-refractivity contribution in [2.24, 2.45) is 21.0 Å². The predicted octanol–water partition coefficient (Wildman–Crippen LogP) is 2.20. The van der Waals surface area contributed by atoms with Crippen molar-refractivity contribution in [3.05, 3.63) is 34.9 Å². The summed E-state index contributed by atoms with van der Waals surface area (Å²) in [4.78, 5) is 33.6. The molecule has 2 unspecified atom stereocenters. The molecule has 28 heavy (non-hydrogen) atoms. The molecule has 0 aliphatic carbocycles. The Balaban J connectivity index is 2.06. The average molecular weight is 384 g/mol. The van der Waals surface area contributed by atoms with Crippen molar-refractivity contribution in [1.29, 1.82) is 0 Å². The molecule has 148 valence electrons.